The summed E-state index contributed by atoms with van der Waals surface area (Å²) in [5.41, 5.74) is 4.12. The third-order valence-electron chi connectivity index (χ3n) is 8.18. The zero-order valence-electron chi connectivity index (χ0n) is 17.6. The van der Waals surface area contributed by atoms with E-state index in [1.165, 1.54) is 24.1 Å². The van der Waals surface area contributed by atoms with Crippen LogP contribution >= 0.6 is 0 Å². The summed E-state index contributed by atoms with van der Waals surface area (Å²) in [4.78, 5) is 0. The number of benzene rings is 2. The lowest BCUT2D eigenvalue weighted by atomic mass is 9.70. The summed E-state index contributed by atoms with van der Waals surface area (Å²) >= 11 is 0. The molecule has 5 rings (SSSR count). The van der Waals surface area contributed by atoms with Crippen LogP contribution < -0.4 is 0 Å². The Kier molecular flexibility index (Phi) is 4.05. The van der Waals surface area contributed by atoms with Gasteiger partial charge in [-0.1, -0.05) is 81.4 Å². The Labute approximate surface area is 173 Å². The molecule has 3 aromatic rings. The van der Waals surface area contributed by atoms with E-state index in [0.717, 1.165) is 11.1 Å². The first-order valence-corrected chi connectivity index (χ1v) is 10.8. The maximum Gasteiger partial charge on any atom is 0.116 e. The molecule has 1 fully saturated rings. The number of nitrogens with zero attached hydrogens (tertiary/aromatic N) is 2. The van der Waals surface area contributed by atoms with Crippen LogP contribution in [0.15, 0.2) is 66.9 Å². The number of rotatable bonds is 5. The van der Waals surface area contributed by atoms with Gasteiger partial charge in [-0.05, 0) is 40.9 Å². The van der Waals surface area contributed by atoms with Crippen molar-refractivity contribution in [2.45, 2.75) is 63.5 Å². The Morgan fingerprint density at radius 3 is 2.17 bits per heavy atom. The Balaban J connectivity index is 1.51. The molecular formula is C26H30N2O. The van der Waals surface area contributed by atoms with Gasteiger partial charge in [0.1, 0.15) is 5.60 Å². The molecule has 0 aliphatic heterocycles. The van der Waals surface area contributed by atoms with Gasteiger partial charge in [0.25, 0.3) is 0 Å². The quantitative estimate of drug-likeness (QED) is 0.639. The summed E-state index contributed by atoms with van der Waals surface area (Å²) in [5.74, 6) is 0.610. The van der Waals surface area contributed by atoms with Crippen LogP contribution in [0.1, 0.15) is 68.3 Å². The van der Waals surface area contributed by atoms with Gasteiger partial charge in [-0.3, -0.25) is 4.68 Å². The van der Waals surface area contributed by atoms with Crippen molar-refractivity contribution in [2.75, 3.05) is 0 Å². The van der Waals surface area contributed by atoms with Crippen LogP contribution in [0.2, 0.25) is 0 Å². The van der Waals surface area contributed by atoms with Gasteiger partial charge in [0, 0.05) is 24.1 Å². The summed E-state index contributed by atoms with van der Waals surface area (Å²) in [7, 11) is 0. The number of hydrogen-bond donors (Lipinski definition) is 1. The van der Waals surface area contributed by atoms with E-state index in [1.807, 2.05) is 60.7 Å². The highest BCUT2D eigenvalue weighted by atomic mass is 16.3. The molecule has 0 radical (unpaired) electrons. The van der Waals surface area contributed by atoms with E-state index in [-0.39, 0.29) is 10.8 Å². The van der Waals surface area contributed by atoms with Crippen LogP contribution in [-0.4, -0.2) is 14.9 Å². The number of hydrogen-bond acceptors (Lipinski definition) is 2. The monoisotopic (exact) mass is 386 g/mol. The van der Waals surface area contributed by atoms with E-state index in [2.05, 4.69) is 31.6 Å². The van der Waals surface area contributed by atoms with Crippen LogP contribution in [0.3, 0.4) is 0 Å². The standard InChI is InChI=1S/C26H30N2O/c1-24(2)22-14-15-25(24,3)23-21(22)18-27-28(23)17-16-26(29,19-10-6-4-7-11-19)20-12-8-5-9-13-20/h4-13,18,22,29H,14-17H2,1-3H3/t22-,25+/m1/s1. The fourth-order valence-electron chi connectivity index (χ4n) is 6.05. The van der Waals surface area contributed by atoms with Crippen molar-refractivity contribution < 1.29 is 5.11 Å². The van der Waals surface area contributed by atoms with Gasteiger partial charge in [0.05, 0.1) is 6.20 Å². The van der Waals surface area contributed by atoms with Crippen LogP contribution in [0, 0.1) is 5.41 Å². The van der Waals surface area contributed by atoms with Gasteiger partial charge >= 0.3 is 0 Å². The highest BCUT2D eigenvalue weighted by molar-refractivity contribution is 5.45. The highest BCUT2D eigenvalue weighted by Gasteiger charge is 2.61. The topological polar surface area (TPSA) is 38.0 Å². The van der Waals surface area contributed by atoms with Gasteiger partial charge in [0.2, 0.25) is 0 Å². The van der Waals surface area contributed by atoms with Gasteiger partial charge in [-0.15, -0.1) is 0 Å². The molecule has 0 spiro atoms. The molecule has 1 aromatic heterocycles. The molecule has 0 saturated heterocycles. The third-order valence-corrected chi connectivity index (χ3v) is 8.18. The highest BCUT2D eigenvalue weighted by Crippen LogP contribution is 2.67. The zero-order chi connectivity index (χ0) is 20.3. The minimum Gasteiger partial charge on any atom is -0.380 e. The molecular weight excluding hydrogens is 356 g/mol. The van der Waals surface area contributed by atoms with Gasteiger partial charge in [-0.25, -0.2) is 0 Å². The molecule has 1 N–H and O–H groups in total. The summed E-state index contributed by atoms with van der Waals surface area (Å²) in [6, 6.07) is 20.1. The summed E-state index contributed by atoms with van der Waals surface area (Å²) in [6.07, 6.45) is 5.18. The third kappa shape index (κ3) is 2.50. The lowest BCUT2D eigenvalue weighted by molar-refractivity contribution is 0.0638. The second-order valence-corrected chi connectivity index (χ2v) is 9.66. The Morgan fingerprint density at radius 2 is 1.59 bits per heavy atom. The zero-order valence-corrected chi connectivity index (χ0v) is 17.6. The van der Waals surface area contributed by atoms with E-state index in [9.17, 15) is 5.11 Å². The molecule has 0 unspecified atom stereocenters. The lowest BCUT2D eigenvalue weighted by Gasteiger charge is -2.36. The Hall–Kier alpha value is -2.39. The number of aliphatic hydroxyl groups is 1. The average Bonchev–Trinajstić information content (AvgIpc) is 3.32. The normalized spacial score (nSPS) is 24.6. The van der Waals surface area contributed by atoms with E-state index >= 15 is 0 Å². The van der Waals surface area contributed by atoms with Crippen LogP contribution in [0.25, 0.3) is 0 Å². The number of aromatic nitrogens is 2. The maximum absolute atomic E-state index is 11.9. The molecule has 2 atom stereocenters. The summed E-state index contributed by atoms with van der Waals surface area (Å²) in [6.45, 7) is 7.95. The maximum atomic E-state index is 11.9. The molecule has 2 aliphatic rings. The molecule has 2 aliphatic carbocycles. The molecule has 3 heteroatoms. The Morgan fingerprint density at radius 1 is 1.00 bits per heavy atom. The second kappa shape index (κ2) is 6.30. The smallest absolute Gasteiger partial charge is 0.116 e. The van der Waals surface area contributed by atoms with E-state index < -0.39 is 5.60 Å². The van der Waals surface area contributed by atoms with Crippen molar-refractivity contribution in [3.05, 3.63) is 89.2 Å². The number of aryl methyl sites for hydroxylation is 1. The molecule has 1 heterocycles. The van der Waals surface area contributed by atoms with E-state index in [4.69, 9.17) is 5.10 Å². The van der Waals surface area contributed by atoms with Crippen molar-refractivity contribution in [1.82, 2.24) is 9.78 Å². The minimum absolute atomic E-state index is 0.168. The van der Waals surface area contributed by atoms with E-state index in [1.54, 1.807) is 0 Å². The molecule has 1 saturated carbocycles. The molecule has 29 heavy (non-hydrogen) atoms. The van der Waals surface area contributed by atoms with Crippen LogP contribution in [0.5, 0.6) is 0 Å². The van der Waals surface area contributed by atoms with Gasteiger partial charge in [0.15, 0.2) is 0 Å². The largest absolute Gasteiger partial charge is 0.380 e. The molecule has 0 amide bonds. The number of fused-ring (bicyclic) bond motifs is 5. The van der Waals surface area contributed by atoms with Crippen LogP contribution in [-0.2, 0) is 17.6 Å². The predicted octanol–water partition coefficient (Wildman–Crippen LogP) is 5.38. The molecule has 2 aromatic carbocycles. The summed E-state index contributed by atoms with van der Waals surface area (Å²) < 4.78 is 2.19. The second-order valence-electron chi connectivity index (χ2n) is 9.66. The Bertz CT molecular complexity index is 982. The fraction of sp³-hybridized carbons (Fsp3) is 0.423. The van der Waals surface area contributed by atoms with Crippen molar-refractivity contribution in [3.63, 3.8) is 0 Å². The lowest BCUT2D eigenvalue weighted by Crippen LogP contribution is -2.35. The average molecular weight is 387 g/mol. The fourth-order valence-corrected chi connectivity index (χ4v) is 6.05. The molecule has 150 valence electrons. The van der Waals surface area contributed by atoms with Gasteiger partial charge < -0.3 is 5.11 Å². The van der Waals surface area contributed by atoms with Crippen molar-refractivity contribution >= 4 is 0 Å². The first-order chi connectivity index (χ1) is 13.9. The van der Waals surface area contributed by atoms with Gasteiger partial charge in [-0.2, -0.15) is 5.10 Å². The molecule has 2 bridgehead atoms. The minimum atomic E-state index is -1.03. The van der Waals surface area contributed by atoms with E-state index in [0.29, 0.717) is 18.9 Å². The first-order valence-electron chi connectivity index (χ1n) is 10.8. The van der Waals surface area contributed by atoms with Crippen molar-refractivity contribution in [1.29, 1.82) is 0 Å². The molecule has 3 nitrogen and oxygen atoms in total. The van der Waals surface area contributed by atoms with Crippen molar-refractivity contribution in [3.8, 4) is 0 Å². The SMILES string of the molecule is CC1(C)[C@@H]2CC[C@@]1(C)c1c2cnn1CCC(O)(c1ccccc1)c1ccccc1. The summed E-state index contributed by atoms with van der Waals surface area (Å²) in [5, 5.41) is 16.6. The van der Waals surface area contributed by atoms with Crippen molar-refractivity contribution in [2.24, 2.45) is 5.41 Å². The van der Waals surface area contributed by atoms with Crippen LogP contribution in [0.4, 0.5) is 0 Å². The predicted molar refractivity (Wildman–Crippen MR) is 116 cm³/mol. The first kappa shape index (κ1) is 18.6.